The normalized spacial score (nSPS) is 10.6. The third-order valence-corrected chi connectivity index (χ3v) is 4.77. The van der Waals surface area contributed by atoms with E-state index in [-0.39, 0.29) is 18.3 Å². The number of carbonyl (C=O) groups excluding carboxylic acids is 1. The average molecular weight is 447 g/mol. The zero-order valence-electron chi connectivity index (χ0n) is 18.5. The van der Waals surface area contributed by atoms with Crippen LogP contribution in [0.5, 0.6) is 17.2 Å². The van der Waals surface area contributed by atoms with Gasteiger partial charge in [-0.2, -0.15) is 5.10 Å². The van der Waals surface area contributed by atoms with Crippen molar-refractivity contribution in [3.05, 3.63) is 90.1 Å². The van der Waals surface area contributed by atoms with Crippen molar-refractivity contribution in [2.45, 2.75) is 20.1 Å². The number of nitrogens with one attached hydrogen (secondary N) is 1. The average Bonchev–Trinajstić information content (AvgIpc) is 3.48. The molecule has 4 rings (SSSR count). The number of furan rings is 1. The van der Waals surface area contributed by atoms with Crippen LogP contribution in [0.1, 0.15) is 28.8 Å². The number of methoxy groups -OCH3 is 1. The van der Waals surface area contributed by atoms with E-state index in [9.17, 15) is 4.79 Å². The maximum atomic E-state index is 12.5. The first-order valence-corrected chi connectivity index (χ1v) is 10.5. The van der Waals surface area contributed by atoms with E-state index >= 15 is 0 Å². The van der Waals surface area contributed by atoms with Gasteiger partial charge in [0.2, 0.25) is 0 Å². The molecule has 2 aromatic carbocycles. The molecular weight excluding hydrogens is 422 g/mol. The van der Waals surface area contributed by atoms with E-state index in [0.29, 0.717) is 30.3 Å². The summed E-state index contributed by atoms with van der Waals surface area (Å²) in [6, 6.07) is 18.4. The summed E-state index contributed by atoms with van der Waals surface area (Å²) in [6.45, 7) is 3.31. The second-order valence-corrected chi connectivity index (χ2v) is 7.19. The number of rotatable bonds is 10. The van der Waals surface area contributed by atoms with Gasteiger partial charge in [-0.15, -0.1) is 0 Å². The molecule has 2 aromatic heterocycles. The number of benzene rings is 2. The van der Waals surface area contributed by atoms with Gasteiger partial charge >= 0.3 is 0 Å². The Morgan fingerprint density at radius 3 is 2.58 bits per heavy atom. The van der Waals surface area contributed by atoms with Crippen LogP contribution in [0.2, 0.25) is 0 Å². The van der Waals surface area contributed by atoms with Crippen LogP contribution in [-0.2, 0) is 13.2 Å². The highest BCUT2D eigenvalue weighted by Gasteiger charge is 2.13. The third-order valence-electron chi connectivity index (χ3n) is 4.77. The van der Waals surface area contributed by atoms with Crippen LogP contribution in [0.4, 0.5) is 5.69 Å². The van der Waals surface area contributed by atoms with Crippen molar-refractivity contribution in [3.63, 3.8) is 0 Å². The van der Waals surface area contributed by atoms with Crippen molar-refractivity contribution in [3.8, 4) is 17.2 Å². The summed E-state index contributed by atoms with van der Waals surface area (Å²) in [5, 5.41) is 7.10. The molecule has 0 saturated heterocycles. The summed E-state index contributed by atoms with van der Waals surface area (Å²) >= 11 is 0. The summed E-state index contributed by atoms with van der Waals surface area (Å²) in [5.41, 5.74) is 1.62. The van der Waals surface area contributed by atoms with Gasteiger partial charge in [0.25, 0.3) is 5.91 Å². The first kappa shape index (κ1) is 22.0. The number of amides is 1. The summed E-state index contributed by atoms with van der Waals surface area (Å²) in [7, 11) is 1.63. The highest BCUT2D eigenvalue weighted by Crippen LogP contribution is 2.20. The maximum Gasteiger partial charge on any atom is 0.291 e. The molecular formula is C25H25N3O5. The van der Waals surface area contributed by atoms with Crippen molar-refractivity contribution in [2.24, 2.45) is 0 Å². The van der Waals surface area contributed by atoms with Gasteiger partial charge in [-0.1, -0.05) is 12.1 Å². The molecule has 33 heavy (non-hydrogen) atoms. The van der Waals surface area contributed by atoms with Crippen molar-refractivity contribution in [2.75, 3.05) is 19.0 Å². The number of ether oxygens (including phenoxy) is 3. The van der Waals surface area contributed by atoms with Crippen LogP contribution in [0.15, 0.2) is 77.5 Å². The Morgan fingerprint density at radius 2 is 1.82 bits per heavy atom. The summed E-state index contributed by atoms with van der Waals surface area (Å²) < 4.78 is 23.7. The second kappa shape index (κ2) is 10.4. The topological polar surface area (TPSA) is 87.8 Å². The van der Waals surface area contributed by atoms with E-state index in [1.165, 1.54) is 0 Å². The summed E-state index contributed by atoms with van der Waals surface area (Å²) in [6.07, 6.45) is 3.35. The van der Waals surface area contributed by atoms with E-state index in [4.69, 9.17) is 18.6 Å². The standard InChI is InChI=1S/C25H25N3O5/c1-3-31-20-7-9-21(10-8-20)32-17-23-11-12-24(33-23)25(29)27-19-14-26-28(16-19)15-18-5-4-6-22(13-18)30-2/h4-14,16H,3,15,17H2,1-2H3,(H,27,29). The predicted molar refractivity (Wildman–Crippen MR) is 123 cm³/mol. The molecule has 4 aromatic rings. The molecule has 8 heteroatoms. The Labute approximate surface area is 191 Å². The van der Waals surface area contributed by atoms with Gasteiger partial charge in [-0.3, -0.25) is 9.48 Å². The number of hydrogen-bond donors (Lipinski definition) is 1. The molecule has 0 bridgehead atoms. The van der Waals surface area contributed by atoms with Crippen LogP contribution in [0.25, 0.3) is 0 Å². The van der Waals surface area contributed by atoms with Gasteiger partial charge in [0.1, 0.15) is 29.6 Å². The van der Waals surface area contributed by atoms with Gasteiger partial charge in [0.05, 0.1) is 32.1 Å². The molecule has 2 heterocycles. The lowest BCUT2D eigenvalue weighted by atomic mass is 10.2. The molecule has 8 nitrogen and oxygen atoms in total. The van der Waals surface area contributed by atoms with E-state index < -0.39 is 0 Å². The molecule has 0 aliphatic rings. The van der Waals surface area contributed by atoms with Crippen LogP contribution in [0.3, 0.4) is 0 Å². The predicted octanol–water partition coefficient (Wildman–Crippen LogP) is 4.76. The fourth-order valence-electron chi connectivity index (χ4n) is 3.20. The zero-order valence-corrected chi connectivity index (χ0v) is 18.5. The van der Waals surface area contributed by atoms with Gasteiger partial charge in [0.15, 0.2) is 5.76 Å². The maximum absolute atomic E-state index is 12.5. The van der Waals surface area contributed by atoms with Crippen LogP contribution in [-0.4, -0.2) is 29.4 Å². The first-order chi connectivity index (χ1) is 16.1. The summed E-state index contributed by atoms with van der Waals surface area (Å²) in [4.78, 5) is 12.5. The SMILES string of the molecule is CCOc1ccc(OCc2ccc(C(=O)Nc3cnn(Cc4cccc(OC)c4)c3)o2)cc1. The quantitative estimate of drug-likeness (QED) is 0.377. The molecule has 0 atom stereocenters. The molecule has 0 saturated carbocycles. The number of carbonyl (C=O) groups is 1. The minimum atomic E-state index is -0.358. The van der Waals surface area contributed by atoms with Crippen molar-refractivity contribution in [1.29, 1.82) is 0 Å². The lowest BCUT2D eigenvalue weighted by molar-refractivity contribution is 0.0992. The van der Waals surface area contributed by atoms with Gasteiger partial charge in [-0.05, 0) is 61.0 Å². The van der Waals surface area contributed by atoms with E-state index in [2.05, 4.69) is 10.4 Å². The van der Waals surface area contributed by atoms with Gasteiger partial charge < -0.3 is 23.9 Å². The van der Waals surface area contributed by atoms with Crippen LogP contribution >= 0.6 is 0 Å². The molecule has 1 N–H and O–H groups in total. The number of hydrogen-bond acceptors (Lipinski definition) is 6. The fourth-order valence-corrected chi connectivity index (χ4v) is 3.20. The molecule has 0 spiro atoms. The monoisotopic (exact) mass is 447 g/mol. The van der Waals surface area contributed by atoms with Crippen LogP contribution in [0, 0.1) is 0 Å². The Morgan fingerprint density at radius 1 is 1.03 bits per heavy atom. The second-order valence-electron chi connectivity index (χ2n) is 7.19. The molecule has 0 aliphatic carbocycles. The molecule has 0 radical (unpaired) electrons. The number of aromatic nitrogens is 2. The molecule has 170 valence electrons. The first-order valence-electron chi connectivity index (χ1n) is 10.5. The third kappa shape index (κ3) is 5.94. The molecule has 0 unspecified atom stereocenters. The number of nitrogens with zero attached hydrogens (tertiary/aromatic N) is 2. The lowest BCUT2D eigenvalue weighted by Crippen LogP contribution is -2.10. The lowest BCUT2D eigenvalue weighted by Gasteiger charge is -2.06. The minimum Gasteiger partial charge on any atom is -0.497 e. The van der Waals surface area contributed by atoms with Crippen LogP contribution < -0.4 is 19.5 Å². The fraction of sp³-hybridized carbons (Fsp3) is 0.200. The van der Waals surface area contributed by atoms with Crippen molar-refractivity contribution < 1.29 is 23.4 Å². The van der Waals surface area contributed by atoms with Gasteiger partial charge in [-0.25, -0.2) is 0 Å². The molecule has 1 amide bonds. The molecule has 0 aliphatic heterocycles. The van der Waals surface area contributed by atoms with E-state index in [1.807, 2.05) is 55.5 Å². The highest BCUT2D eigenvalue weighted by atomic mass is 16.5. The Hall–Kier alpha value is -4.20. The Bertz CT molecular complexity index is 1200. The van der Waals surface area contributed by atoms with Crippen molar-refractivity contribution in [1.82, 2.24) is 9.78 Å². The summed E-state index contributed by atoms with van der Waals surface area (Å²) in [5.74, 6) is 2.64. The van der Waals surface area contributed by atoms with Gasteiger partial charge in [0, 0.05) is 6.20 Å². The van der Waals surface area contributed by atoms with Crippen molar-refractivity contribution >= 4 is 11.6 Å². The minimum absolute atomic E-state index is 0.195. The molecule has 0 fully saturated rings. The smallest absolute Gasteiger partial charge is 0.291 e. The van der Waals surface area contributed by atoms with E-state index in [0.717, 1.165) is 17.1 Å². The zero-order chi connectivity index (χ0) is 23.0. The van der Waals surface area contributed by atoms with E-state index in [1.54, 1.807) is 36.3 Å². The largest absolute Gasteiger partial charge is 0.497 e. The Kier molecular flexibility index (Phi) is 6.94. The Balaban J connectivity index is 1.30. The highest BCUT2D eigenvalue weighted by molar-refractivity contribution is 6.02. The number of anilines is 1.